The minimum atomic E-state index is -0.444. The third-order valence-corrected chi connectivity index (χ3v) is 3.21. The van der Waals surface area contributed by atoms with Crippen molar-refractivity contribution in [3.05, 3.63) is 57.8 Å². The standard InChI is InChI=1S/C14H9N5O2/c1-9-2-3-11(19(20)21)7-12(9)14-17-16-13-6-10(8-15)4-5-18(13)14/h2-7H,1H3. The van der Waals surface area contributed by atoms with E-state index in [1.54, 1.807) is 28.8 Å². The predicted octanol–water partition coefficient (Wildman–Crippen LogP) is 2.48. The van der Waals surface area contributed by atoms with Gasteiger partial charge in [-0.1, -0.05) is 6.07 Å². The molecule has 0 amide bonds. The third-order valence-electron chi connectivity index (χ3n) is 3.21. The molecule has 0 aliphatic heterocycles. The van der Waals surface area contributed by atoms with Gasteiger partial charge in [0, 0.05) is 30.0 Å². The Kier molecular flexibility index (Phi) is 2.84. The van der Waals surface area contributed by atoms with E-state index in [0.717, 1.165) is 5.56 Å². The van der Waals surface area contributed by atoms with Crippen molar-refractivity contribution in [1.82, 2.24) is 14.6 Å². The number of hydrogen-bond acceptors (Lipinski definition) is 5. The summed E-state index contributed by atoms with van der Waals surface area (Å²) < 4.78 is 1.70. The first-order valence-electron chi connectivity index (χ1n) is 6.10. The smallest absolute Gasteiger partial charge is 0.270 e. The van der Waals surface area contributed by atoms with Crippen LogP contribution in [-0.2, 0) is 0 Å². The molecular formula is C14H9N5O2. The van der Waals surface area contributed by atoms with Crippen LogP contribution in [0.3, 0.4) is 0 Å². The number of hydrogen-bond donors (Lipinski definition) is 0. The van der Waals surface area contributed by atoms with Crippen LogP contribution in [0.25, 0.3) is 17.0 Å². The van der Waals surface area contributed by atoms with Crippen molar-refractivity contribution in [2.24, 2.45) is 0 Å². The quantitative estimate of drug-likeness (QED) is 0.530. The second-order valence-electron chi connectivity index (χ2n) is 4.54. The Labute approximate surface area is 119 Å². The minimum Gasteiger partial charge on any atom is -0.282 e. The Hall–Kier alpha value is -3.27. The second-order valence-corrected chi connectivity index (χ2v) is 4.54. The van der Waals surface area contributed by atoms with Crippen LogP contribution in [0, 0.1) is 28.4 Å². The predicted molar refractivity (Wildman–Crippen MR) is 74.5 cm³/mol. The monoisotopic (exact) mass is 279 g/mol. The van der Waals surface area contributed by atoms with E-state index in [1.807, 2.05) is 13.0 Å². The molecule has 21 heavy (non-hydrogen) atoms. The van der Waals surface area contributed by atoms with Crippen LogP contribution >= 0.6 is 0 Å². The van der Waals surface area contributed by atoms with Crippen LogP contribution < -0.4 is 0 Å². The summed E-state index contributed by atoms with van der Waals surface area (Å²) in [7, 11) is 0. The zero-order valence-corrected chi connectivity index (χ0v) is 11.0. The Morgan fingerprint density at radius 3 is 2.81 bits per heavy atom. The zero-order chi connectivity index (χ0) is 15.0. The summed E-state index contributed by atoms with van der Waals surface area (Å²) in [5.74, 6) is 0.510. The van der Waals surface area contributed by atoms with Gasteiger partial charge in [0.1, 0.15) is 0 Å². The van der Waals surface area contributed by atoms with Gasteiger partial charge in [-0.25, -0.2) is 0 Å². The SMILES string of the molecule is Cc1ccc([N+](=O)[O-])cc1-c1nnc2cc(C#N)ccn12. The molecule has 0 saturated heterocycles. The van der Waals surface area contributed by atoms with E-state index in [-0.39, 0.29) is 5.69 Å². The fourth-order valence-electron chi connectivity index (χ4n) is 2.11. The first-order valence-corrected chi connectivity index (χ1v) is 6.10. The van der Waals surface area contributed by atoms with Crippen molar-refractivity contribution in [3.63, 3.8) is 0 Å². The maximum atomic E-state index is 10.9. The van der Waals surface area contributed by atoms with E-state index >= 15 is 0 Å². The molecule has 0 atom stereocenters. The highest BCUT2D eigenvalue weighted by molar-refractivity contribution is 5.66. The molecule has 3 rings (SSSR count). The number of non-ortho nitro benzene ring substituents is 1. The van der Waals surface area contributed by atoms with Gasteiger partial charge in [0.25, 0.3) is 5.69 Å². The highest BCUT2D eigenvalue weighted by Gasteiger charge is 2.15. The lowest BCUT2D eigenvalue weighted by Crippen LogP contribution is -1.94. The molecule has 7 heteroatoms. The van der Waals surface area contributed by atoms with Gasteiger partial charge in [-0.3, -0.25) is 14.5 Å². The van der Waals surface area contributed by atoms with Crippen LogP contribution in [0.15, 0.2) is 36.5 Å². The molecule has 2 heterocycles. The summed E-state index contributed by atoms with van der Waals surface area (Å²) in [6, 6.07) is 9.90. The maximum absolute atomic E-state index is 10.9. The molecule has 0 fully saturated rings. The Bertz CT molecular complexity index is 907. The molecule has 0 spiro atoms. The van der Waals surface area contributed by atoms with Crippen molar-refractivity contribution in [1.29, 1.82) is 5.26 Å². The number of nitrogens with zero attached hydrogens (tertiary/aromatic N) is 5. The molecule has 102 valence electrons. The molecule has 0 unspecified atom stereocenters. The number of aryl methyl sites for hydroxylation is 1. The first kappa shape index (κ1) is 12.7. The van der Waals surface area contributed by atoms with Gasteiger partial charge in [-0.15, -0.1) is 10.2 Å². The molecular weight excluding hydrogens is 270 g/mol. The Morgan fingerprint density at radius 1 is 1.29 bits per heavy atom. The second kappa shape index (κ2) is 4.68. The highest BCUT2D eigenvalue weighted by atomic mass is 16.6. The number of nitro benzene ring substituents is 1. The Balaban J connectivity index is 2.23. The fraction of sp³-hybridized carbons (Fsp3) is 0.0714. The number of rotatable bonds is 2. The van der Waals surface area contributed by atoms with Gasteiger partial charge in [0.05, 0.1) is 16.6 Å². The largest absolute Gasteiger partial charge is 0.282 e. The average molecular weight is 279 g/mol. The molecule has 0 radical (unpaired) electrons. The highest BCUT2D eigenvalue weighted by Crippen LogP contribution is 2.26. The van der Waals surface area contributed by atoms with Crippen LogP contribution in [0.1, 0.15) is 11.1 Å². The maximum Gasteiger partial charge on any atom is 0.270 e. The van der Waals surface area contributed by atoms with Gasteiger partial charge in [0.2, 0.25) is 0 Å². The number of aromatic nitrogens is 3. The summed E-state index contributed by atoms with van der Waals surface area (Å²) in [6.45, 7) is 1.85. The summed E-state index contributed by atoms with van der Waals surface area (Å²) in [6.07, 6.45) is 1.68. The normalized spacial score (nSPS) is 10.5. The van der Waals surface area contributed by atoms with E-state index in [4.69, 9.17) is 5.26 Å². The molecule has 0 N–H and O–H groups in total. The minimum absolute atomic E-state index is 0.000921. The summed E-state index contributed by atoms with van der Waals surface area (Å²) in [4.78, 5) is 10.5. The molecule has 0 aliphatic rings. The number of pyridine rings is 1. The van der Waals surface area contributed by atoms with E-state index in [0.29, 0.717) is 22.6 Å². The van der Waals surface area contributed by atoms with Crippen LogP contribution in [-0.4, -0.2) is 19.5 Å². The lowest BCUT2D eigenvalue weighted by Gasteiger charge is -2.04. The van der Waals surface area contributed by atoms with E-state index < -0.39 is 4.92 Å². The molecule has 1 aromatic carbocycles. The van der Waals surface area contributed by atoms with Gasteiger partial charge in [0.15, 0.2) is 11.5 Å². The van der Waals surface area contributed by atoms with Crippen molar-refractivity contribution in [2.45, 2.75) is 6.92 Å². The summed E-state index contributed by atoms with van der Waals surface area (Å²) in [5, 5.41) is 27.9. The van der Waals surface area contributed by atoms with E-state index in [1.165, 1.54) is 12.1 Å². The van der Waals surface area contributed by atoms with E-state index in [2.05, 4.69) is 10.2 Å². The average Bonchev–Trinajstić information content (AvgIpc) is 2.90. The lowest BCUT2D eigenvalue weighted by atomic mass is 10.1. The lowest BCUT2D eigenvalue weighted by molar-refractivity contribution is -0.384. The number of fused-ring (bicyclic) bond motifs is 1. The third kappa shape index (κ3) is 2.08. The van der Waals surface area contributed by atoms with Crippen molar-refractivity contribution in [3.8, 4) is 17.5 Å². The molecule has 0 aliphatic carbocycles. The van der Waals surface area contributed by atoms with Crippen molar-refractivity contribution in [2.75, 3.05) is 0 Å². The Morgan fingerprint density at radius 2 is 2.10 bits per heavy atom. The summed E-state index contributed by atoms with van der Waals surface area (Å²) >= 11 is 0. The van der Waals surface area contributed by atoms with Crippen LogP contribution in [0.5, 0.6) is 0 Å². The van der Waals surface area contributed by atoms with Crippen molar-refractivity contribution < 1.29 is 4.92 Å². The van der Waals surface area contributed by atoms with Crippen LogP contribution in [0.2, 0.25) is 0 Å². The fourth-order valence-corrected chi connectivity index (χ4v) is 2.11. The molecule has 0 bridgehead atoms. The first-order chi connectivity index (χ1) is 10.1. The molecule has 3 aromatic rings. The molecule has 0 saturated carbocycles. The van der Waals surface area contributed by atoms with Gasteiger partial charge >= 0.3 is 0 Å². The van der Waals surface area contributed by atoms with E-state index in [9.17, 15) is 10.1 Å². The van der Waals surface area contributed by atoms with Crippen molar-refractivity contribution >= 4 is 11.3 Å². The number of benzene rings is 1. The topological polar surface area (TPSA) is 97.1 Å². The number of nitriles is 1. The van der Waals surface area contributed by atoms with Gasteiger partial charge in [-0.2, -0.15) is 5.26 Å². The summed E-state index contributed by atoms with van der Waals surface area (Å²) in [5.41, 5.74) is 2.51. The van der Waals surface area contributed by atoms with Crippen LogP contribution in [0.4, 0.5) is 5.69 Å². The van der Waals surface area contributed by atoms with Gasteiger partial charge in [-0.05, 0) is 18.6 Å². The molecule has 2 aromatic heterocycles. The van der Waals surface area contributed by atoms with Gasteiger partial charge < -0.3 is 0 Å². The number of nitro groups is 1. The molecule has 7 nitrogen and oxygen atoms in total. The zero-order valence-electron chi connectivity index (χ0n) is 11.0.